The number of benzene rings is 1. The lowest BCUT2D eigenvalue weighted by Crippen LogP contribution is -2.27. The topological polar surface area (TPSA) is 32.7 Å². The van der Waals surface area contributed by atoms with E-state index in [4.69, 9.17) is 4.74 Å². The van der Waals surface area contributed by atoms with E-state index in [0.717, 1.165) is 37.4 Å². The zero-order chi connectivity index (χ0) is 17.5. The van der Waals surface area contributed by atoms with E-state index in [1.807, 2.05) is 6.07 Å². The molecule has 23 heavy (non-hydrogen) atoms. The first-order chi connectivity index (χ1) is 10.8. The van der Waals surface area contributed by atoms with Gasteiger partial charge in [0.1, 0.15) is 5.75 Å². The normalized spacial score (nSPS) is 13.4. The molecule has 1 aromatic rings. The molecule has 0 saturated carbocycles. The fourth-order valence-corrected chi connectivity index (χ4v) is 2.73. The van der Waals surface area contributed by atoms with Gasteiger partial charge in [0, 0.05) is 12.1 Å². The summed E-state index contributed by atoms with van der Waals surface area (Å²) in [5.41, 5.74) is 2.20. The Morgan fingerprint density at radius 3 is 2.39 bits per heavy atom. The Balaban J connectivity index is 2.82. The lowest BCUT2D eigenvalue weighted by Gasteiger charge is -2.25. The molecule has 0 aliphatic rings. The molecule has 0 saturated heterocycles. The minimum Gasteiger partial charge on any atom is -0.496 e. The Kier molecular flexibility index (Phi) is 8.07. The average molecular weight is 322 g/mol. The van der Waals surface area contributed by atoms with Crippen LogP contribution in [-0.4, -0.2) is 36.8 Å². The van der Waals surface area contributed by atoms with Crippen LogP contribution in [0.25, 0.3) is 0 Å². The van der Waals surface area contributed by atoms with Gasteiger partial charge in [-0.05, 0) is 49.0 Å². The smallest absolute Gasteiger partial charge is 0.124 e. The second-order valence-corrected chi connectivity index (χ2v) is 7.30. The molecule has 0 radical (unpaired) electrons. The minimum absolute atomic E-state index is 0.0668. The van der Waals surface area contributed by atoms with E-state index in [-0.39, 0.29) is 5.41 Å². The first-order valence-corrected chi connectivity index (χ1v) is 8.92. The molecule has 1 unspecified atom stereocenters. The predicted octanol–water partition coefficient (Wildman–Crippen LogP) is 4.54. The van der Waals surface area contributed by atoms with Crippen molar-refractivity contribution in [3.63, 3.8) is 0 Å². The van der Waals surface area contributed by atoms with E-state index in [1.165, 1.54) is 18.4 Å². The van der Waals surface area contributed by atoms with Crippen LogP contribution >= 0.6 is 0 Å². The van der Waals surface area contributed by atoms with Crippen LogP contribution in [0, 0.1) is 0 Å². The number of rotatable bonds is 9. The van der Waals surface area contributed by atoms with Crippen LogP contribution in [0.3, 0.4) is 0 Å². The molecule has 132 valence electrons. The molecule has 0 aliphatic heterocycles. The van der Waals surface area contributed by atoms with Crippen molar-refractivity contribution in [1.82, 2.24) is 4.90 Å². The van der Waals surface area contributed by atoms with E-state index in [1.54, 1.807) is 7.11 Å². The fourth-order valence-electron chi connectivity index (χ4n) is 2.73. The fraction of sp³-hybridized carbons (Fsp3) is 0.700. The van der Waals surface area contributed by atoms with Crippen molar-refractivity contribution in [2.45, 2.75) is 65.4 Å². The van der Waals surface area contributed by atoms with Gasteiger partial charge in [0.25, 0.3) is 0 Å². The van der Waals surface area contributed by atoms with Gasteiger partial charge in [0.2, 0.25) is 0 Å². The summed E-state index contributed by atoms with van der Waals surface area (Å²) in [5, 5.41) is 10.7. The number of hydrogen-bond acceptors (Lipinski definition) is 3. The van der Waals surface area contributed by atoms with Gasteiger partial charge in [-0.25, -0.2) is 0 Å². The standard InChI is InChI=1S/C20H35NO2/c1-7-9-13-21(8-2)14-12-18(22)17-15-16(20(3,4)5)10-11-19(17)23-6/h10-11,15,18,22H,7-9,12-14H2,1-6H3. The number of nitrogens with zero attached hydrogens (tertiary/aromatic N) is 1. The zero-order valence-corrected chi connectivity index (χ0v) is 15.9. The van der Waals surface area contributed by atoms with Crippen molar-refractivity contribution >= 4 is 0 Å². The van der Waals surface area contributed by atoms with E-state index in [0.29, 0.717) is 0 Å². The molecule has 1 rings (SSSR count). The van der Waals surface area contributed by atoms with Gasteiger partial charge in [-0.15, -0.1) is 0 Å². The molecule has 0 aromatic heterocycles. The van der Waals surface area contributed by atoms with Gasteiger partial charge in [-0.2, -0.15) is 0 Å². The molecule has 3 heteroatoms. The predicted molar refractivity (Wildman–Crippen MR) is 98.3 cm³/mol. The highest BCUT2D eigenvalue weighted by molar-refractivity contribution is 5.41. The van der Waals surface area contributed by atoms with Crippen molar-refractivity contribution in [3.05, 3.63) is 29.3 Å². The second kappa shape index (κ2) is 9.29. The molecule has 1 aromatic carbocycles. The van der Waals surface area contributed by atoms with Crippen LogP contribution < -0.4 is 4.74 Å². The Labute approximate surface area is 142 Å². The summed E-state index contributed by atoms with van der Waals surface area (Å²) in [6.07, 6.45) is 2.68. The Morgan fingerprint density at radius 2 is 1.87 bits per heavy atom. The van der Waals surface area contributed by atoms with E-state index in [9.17, 15) is 5.11 Å². The van der Waals surface area contributed by atoms with Crippen molar-refractivity contribution in [2.75, 3.05) is 26.7 Å². The monoisotopic (exact) mass is 321 g/mol. The van der Waals surface area contributed by atoms with Crippen molar-refractivity contribution in [3.8, 4) is 5.75 Å². The maximum absolute atomic E-state index is 10.7. The van der Waals surface area contributed by atoms with E-state index in [2.05, 4.69) is 51.7 Å². The molecular weight excluding hydrogens is 286 g/mol. The van der Waals surface area contributed by atoms with Crippen LogP contribution in [0.2, 0.25) is 0 Å². The van der Waals surface area contributed by atoms with E-state index >= 15 is 0 Å². The molecule has 3 nitrogen and oxygen atoms in total. The average Bonchev–Trinajstić information content (AvgIpc) is 2.53. The molecular formula is C20H35NO2. The summed E-state index contributed by atoms with van der Waals surface area (Å²) in [6.45, 7) is 14.0. The van der Waals surface area contributed by atoms with Crippen LogP contribution in [0.15, 0.2) is 18.2 Å². The molecule has 0 aliphatic carbocycles. The quantitative estimate of drug-likeness (QED) is 0.725. The van der Waals surface area contributed by atoms with Gasteiger partial charge in [-0.1, -0.05) is 47.1 Å². The summed E-state index contributed by atoms with van der Waals surface area (Å²) >= 11 is 0. The maximum atomic E-state index is 10.7. The summed E-state index contributed by atoms with van der Waals surface area (Å²) in [7, 11) is 1.67. The molecule has 0 spiro atoms. The summed E-state index contributed by atoms with van der Waals surface area (Å²) in [4.78, 5) is 2.41. The lowest BCUT2D eigenvalue weighted by atomic mass is 9.85. The molecule has 1 atom stereocenters. The van der Waals surface area contributed by atoms with Gasteiger partial charge in [-0.3, -0.25) is 0 Å². The third-order valence-electron chi connectivity index (χ3n) is 4.45. The number of unbranched alkanes of at least 4 members (excludes halogenated alkanes) is 1. The Bertz CT molecular complexity index is 465. The highest BCUT2D eigenvalue weighted by Crippen LogP contribution is 2.32. The van der Waals surface area contributed by atoms with Crippen LogP contribution in [0.5, 0.6) is 5.75 Å². The number of aliphatic hydroxyl groups is 1. The third kappa shape index (κ3) is 6.15. The molecule has 1 N–H and O–H groups in total. The van der Waals surface area contributed by atoms with Gasteiger partial charge < -0.3 is 14.7 Å². The van der Waals surface area contributed by atoms with Crippen LogP contribution in [0.1, 0.15) is 71.1 Å². The van der Waals surface area contributed by atoms with Gasteiger partial charge in [0.15, 0.2) is 0 Å². The number of hydrogen-bond donors (Lipinski definition) is 1. The Hall–Kier alpha value is -1.06. The maximum Gasteiger partial charge on any atom is 0.124 e. The van der Waals surface area contributed by atoms with Crippen molar-refractivity contribution < 1.29 is 9.84 Å². The number of ether oxygens (including phenoxy) is 1. The molecule has 0 amide bonds. The summed E-state index contributed by atoms with van der Waals surface area (Å²) in [5.74, 6) is 0.780. The summed E-state index contributed by atoms with van der Waals surface area (Å²) in [6, 6.07) is 6.17. The first-order valence-electron chi connectivity index (χ1n) is 8.92. The first kappa shape index (κ1) is 20.0. The SMILES string of the molecule is CCCCN(CC)CCC(O)c1cc(C(C)(C)C)ccc1OC. The molecule has 0 heterocycles. The number of methoxy groups -OCH3 is 1. The van der Waals surface area contributed by atoms with Gasteiger partial charge in [0.05, 0.1) is 13.2 Å². The zero-order valence-electron chi connectivity index (χ0n) is 15.9. The van der Waals surface area contributed by atoms with Crippen molar-refractivity contribution in [1.29, 1.82) is 0 Å². The number of aliphatic hydroxyl groups excluding tert-OH is 1. The summed E-state index contributed by atoms with van der Waals surface area (Å²) < 4.78 is 5.46. The highest BCUT2D eigenvalue weighted by Gasteiger charge is 2.20. The van der Waals surface area contributed by atoms with E-state index < -0.39 is 6.10 Å². The molecule has 0 fully saturated rings. The second-order valence-electron chi connectivity index (χ2n) is 7.30. The highest BCUT2D eigenvalue weighted by atomic mass is 16.5. The largest absolute Gasteiger partial charge is 0.496 e. The third-order valence-corrected chi connectivity index (χ3v) is 4.45. The van der Waals surface area contributed by atoms with Crippen molar-refractivity contribution in [2.24, 2.45) is 0 Å². The Morgan fingerprint density at radius 1 is 1.17 bits per heavy atom. The molecule has 0 bridgehead atoms. The lowest BCUT2D eigenvalue weighted by molar-refractivity contribution is 0.140. The van der Waals surface area contributed by atoms with Gasteiger partial charge >= 0.3 is 0 Å². The van der Waals surface area contributed by atoms with Crippen LogP contribution in [-0.2, 0) is 5.41 Å². The minimum atomic E-state index is -0.483. The van der Waals surface area contributed by atoms with Crippen LogP contribution in [0.4, 0.5) is 0 Å².